The van der Waals surface area contributed by atoms with Gasteiger partial charge in [-0.1, -0.05) is 66.7 Å². The molecule has 0 unspecified atom stereocenters. The number of benzene rings is 4. The summed E-state index contributed by atoms with van der Waals surface area (Å²) in [6.45, 7) is 0. The molecule has 4 aromatic rings. The summed E-state index contributed by atoms with van der Waals surface area (Å²) in [6, 6.07) is 24.7. The van der Waals surface area contributed by atoms with E-state index in [2.05, 4.69) is 6.07 Å². The molecule has 0 aliphatic heterocycles. The highest BCUT2D eigenvalue weighted by Gasteiger charge is 2.13. The highest BCUT2D eigenvalue weighted by molar-refractivity contribution is 6.02. The SMILES string of the molecule is N#Cc1c(-c2ccc(F)c3ccccc23)ccc2ccccc12. The summed E-state index contributed by atoms with van der Waals surface area (Å²) >= 11 is 0. The summed E-state index contributed by atoms with van der Waals surface area (Å²) in [5.41, 5.74) is 2.34. The zero-order valence-corrected chi connectivity index (χ0v) is 12.3. The van der Waals surface area contributed by atoms with E-state index in [9.17, 15) is 9.65 Å². The van der Waals surface area contributed by atoms with Gasteiger partial charge in [-0.25, -0.2) is 4.39 Å². The lowest BCUT2D eigenvalue weighted by Gasteiger charge is -2.11. The second-order valence-electron chi connectivity index (χ2n) is 5.46. The maximum Gasteiger partial charge on any atom is 0.131 e. The van der Waals surface area contributed by atoms with Crippen molar-refractivity contribution in [3.8, 4) is 17.2 Å². The molecule has 0 saturated carbocycles. The van der Waals surface area contributed by atoms with Gasteiger partial charge in [0.25, 0.3) is 0 Å². The molecule has 0 fully saturated rings. The maximum atomic E-state index is 14.1. The molecule has 0 aliphatic rings. The van der Waals surface area contributed by atoms with Crippen LogP contribution in [0.25, 0.3) is 32.7 Å². The van der Waals surface area contributed by atoms with Crippen LogP contribution in [-0.4, -0.2) is 0 Å². The van der Waals surface area contributed by atoms with Gasteiger partial charge in [-0.05, 0) is 22.4 Å². The highest BCUT2D eigenvalue weighted by atomic mass is 19.1. The lowest BCUT2D eigenvalue weighted by Crippen LogP contribution is -1.90. The average molecular weight is 297 g/mol. The fourth-order valence-corrected chi connectivity index (χ4v) is 3.11. The van der Waals surface area contributed by atoms with Gasteiger partial charge in [-0.3, -0.25) is 0 Å². The largest absolute Gasteiger partial charge is 0.206 e. The van der Waals surface area contributed by atoms with Crippen LogP contribution in [0.3, 0.4) is 0 Å². The van der Waals surface area contributed by atoms with Gasteiger partial charge in [-0.15, -0.1) is 0 Å². The normalized spacial score (nSPS) is 10.8. The van der Waals surface area contributed by atoms with Crippen molar-refractivity contribution in [3.05, 3.63) is 84.2 Å². The fraction of sp³-hybridized carbons (Fsp3) is 0. The summed E-state index contributed by atoms with van der Waals surface area (Å²) in [5.74, 6) is -0.247. The smallest absolute Gasteiger partial charge is 0.131 e. The fourth-order valence-electron chi connectivity index (χ4n) is 3.11. The number of rotatable bonds is 1. The summed E-state index contributed by atoms with van der Waals surface area (Å²) in [6.07, 6.45) is 0. The Labute approximate surface area is 133 Å². The van der Waals surface area contributed by atoms with Gasteiger partial charge < -0.3 is 0 Å². The van der Waals surface area contributed by atoms with Crippen molar-refractivity contribution in [3.63, 3.8) is 0 Å². The number of halogens is 1. The molecule has 2 heteroatoms. The van der Waals surface area contributed by atoms with Crippen molar-refractivity contribution < 1.29 is 4.39 Å². The molecule has 0 heterocycles. The van der Waals surface area contributed by atoms with Crippen LogP contribution in [0.1, 0.15) is 5.56 Å². The van der Waals surface area contributed by atoms with E-state index in [-0.39, 0.29) is 5.82 Å². The van der Waals surface area contributed by atoms with Crippen LogP contribution >= 0.6 is 0 Å². The van der Waals surface area contributed by atoms with E-state index in [0.29, 0.717) is 10.9 Å². The van der Waals surface area contributed by atoms with Gasteiger partial charge >= 0.3 is 0 Å². The van der Waals surface area contributed by atoms with E-state index in [4.69, 9.17) is 0 Å². The third-order valence-electron chi connectivity index (χ3n) is 4.20. The average Bonchev–Trinajstić information content (AvgIpc) is 2.61. The minimum atomic E-state index is -0.247. The molecule has 0 saturated heterocycles. The van der Waals surface area contributed by atoms with E-state index in [1.165, 1.54) is 6.07 Å². The Hall–Kier alpha value is -3.18. The number of fused-ring (bicyclic) bond motifs is 2. The van der Waals surface area contributed by atoms with Crippen LogP contribution in [0.2, 0.25) is 0 Å². The molecule has 0 atom stereocenters. The van der Waals surface area contributed by atoms with Gasteiger partial charge in [-0.2, -0.15) is 5.26 Å². The zero-order chi connectivity index (χ0) is 15.8. The van der Waals surface area contributed by atoms with Crippen molar-refractivity contribution in [2.45, 2.75) is 0 Å². The molecule has 4 aromatic carbocycles. The van der Waals surface area contributed by atoms with Crippen LogP contribution < -0.4 is 0 Å². The predicted octanol–water partition coefficient (Wildman–Crippen LogP) is 5.67. The van der Waals surface area contributed by atoms with Crippen LogP contribution in [0.15, 0.2) is 72.8 Å². The molecule has 0 aromatic heterocycles. The Morgan fingerprint density at radius 2 is 1.30 bits per heavy atom. The second-order valence-corrected chi connectivity index (χ2v) is 5.46. The molecule has 0 spiro atoms. The summed E-state index contributed by atoms with van der Waals surface area (Å²) in [5, 5.41) is 13.0. The quantitative estimate of drug-likeness (QED) is 0.444. The van der Waals surface area contributed by atoms with E-state index in [0.717, 1.165) is 27.3 Å². The molecule has 108 valence electrons. The first kappa shape index (κ1) is 13.5. The Morgan fingerprint density at radius 1 is 0.652 bits per heavy atom. The van der Waals surface area contributed by atoms with E-state index >= 15 is 0 Å². The number of hydrogen-bond donors (Lipinski definition) is 0. The monoisotopic (exact) mass is 297 g/mol. The van der Waals surface area contributed by atoms with E-state index in [1.54, 1.807) is 12.1 Å². The third-order valence-corrected chi connectivity index (χ3v) is 4.20. The first-order valence-electron chi connectivity index (χ1n) is 7.39. The molecule has 1 nitrogen and oxygen atoms in total. The van der Waals surface area contributed by atoms with Gasteiger partial charge in [0, 0.05) is 16.3 Å². The molecule has 23 heavy (non-hydrogen) atoms. The molecule has 0 bridgehead atoms. The molecule has 0 N–H and O–H groups in total. The van der Waals surface area contributed by atoms with Crippen molar-refractivity contribution in [2.24, 2.45) is 0 Å². The Balaban J connectivity index is 2.12. The number of nitriles is 1. The van der Waals surface area contributed by atoms with Gasteiger partial charge in [0.15, 0.2) is 0 Å². The maximum absolute atomic E-state index is 14.1. The van der Waals surface area contributed by atoms with Crippen LogP contribution in [0, 0.1) is 17.1 Å². The Morgan fingerprint density at radius 3 is 2.09 bits per heavy atom. The van der Waals surface area contributed by atoms with Crippen LogP contribution in [0.5, 0.6) is 0 Å². The van der Waals surface area contributed by atoms with Crippen LogP contribution in [-0.2, 0) is 0 Å². The number of hydrogen-bond acceptors (Lipinski definition) is 1. The molecule has 4 rings (SSSR count). The highest BCUT2D eigenvalue weighted by Crippen LogP contribution is 2.35. The first-order chi connectivity index (χ1) is 11.3. The van der Waals surface area contributed by atoms with Crippen molar-refractivity contribution in [2.75, 3.05) is 0 Å². The predicted molar refractivity (Wildman–Crippen MR) is 91.6 cm³/mol. The van der Waals surface area contributed by atoms with Gasteiger partial charge in [0.1, 0.15) is 11.9 Å². The Bertz CT molecular complexity index is 1090. The minimum absolute atomic E-state index is 0.247. The van der Waals surface area contributed by atoms with Crippen molar-refractivity contribution >= 4 is 21.5 Å². The molecule has 0 amide bonds. The molecule has 0 aliphatic carbocycles. The molecule has 0 radical (unpaired) electrons. The Kier molecular flexibility index (Phi) is 3.06. The van der Waals surface area contributed by atoms with E-state index in [1.807, 2.05) is 54.6 Å². The second kappa shape index (κ2) is 5.23. The topological polar surface area (TPSA) is 23.8 Å². The zero-order valence-electron chi connectivity index (χ0n) is 12.3. The third kappa shape index (κ3) is 2.06. The standard InChI is InChI=1S/C21H12FN/c22-21-12-11-17(16-7-3-4-8-19(16)21)18-10-9-14-5-1-2-6-15(14)20(18)13-23/h1-12H. The molecular formula is C21H12FN. The van der Waals surface area contributed by atoms with Crippen molar-refractivity contribution in [1.82, 2.24) is 0 Å². The summed E-state index contributed by atoms with van der Waals surface area (Å²) in [7, 11) is 0. The summed E-state index contributed by atoms with van der Waals surface area (Å²) < 4.78 is 14.1. The van der Waals surface area contributed by atoms with Gasteiger partial charge in [0.2, 0.25) is 0 Å². The first-order valence-corrected chi connectivity index (χ1v) is 7.39. The molecular weight excluding hydrogens is 285 g/mol. The van der Waals surface area contributed by atoms with Crippen molar-refractivity contribution in [1.29, 1.82) is 5.26 Å². The lowest BCUT2D eigenvalue weighted by atomic mass is 9.91. The van der Waals surface area contributed by atoms with Gasteiger partial charge in [0.05, 0.1) is 5.56 Å². The summed E-state index contributed by atoms with van der Waals surface area (Å²) in [4.78, 5) is 0. The lowest BCUT2D eigenvalue weighted by molar-refractivity contribution is 0.640. The van der Waals surface area contributed by atoms with Crippen LogP contribution in [0.4, 0.5) is 4.39 Å². The minimum Gasteiger partial charge on any atom is -0.206 e. The number of nitrogens with zero attached hydrogens (tertiary/aromatic N) is 1. The van der Waals surface area contributed by atoms with E-state index < -0.39 is 0 Å².